The predicted molar refractivity (Wildman–Crippen MR) is 57.1 cm³/mol. The van der Waals surface area contributed by atoms with E-state index in [4.69, 9.17) is 0 Å². The summed E-state index contributed by atoms with van der Waals surface area (Å²) in [4.78, 5) is 4.24. The first-order valence-electron chi connectivity index (χ1n) is 4.73. The van der Waals surface area contributed by atoms with Crippen LogP contribution >= 0.6 is 15.9 Å². The van der Waals surface area contributed by atoms with Crippen LogP contribution in [0.25, 0.3) is 0 Å². The van der Waals surface area contributed by atoms with Crippen molar-refractivity contribution in [2.75, 3.05) is 13.1 Å². The van der Waals surface area contributed by atoms with Crippen molar-refractivity contribution in [3.05, 3.63) is 28.5 Å². The van der Waals surface area contributed by atoms with Crippen LogP contribution in [-0.2, 0) is 0 Å². The van der Waals surface area contributed by atoms with Gasteiger partial charge >= 0.3 is 0 Å². The number of nitrogens with zero attached hydrogens (tertiary/aromatic N) is 1. The third kappa shape index (κ3) is 2.12. The van der Waals surface area contributed by atoms with Crippen LogP contribution in [0.4, 0.5) is 4.39 Å². The van der Waals surface area contributed by atoms with Gasteiger partial charge in [-0.3, -0.25) is 4.98 Å². The zero-order valence-corrected chi connectivity index (χ0v) is 9.30. The number of pyridine rings is 1. The summed E-state index contributed by atoms with van der Waals surface area (Å²) in [5, 5.41) is 3.03. The first kappa shape index (κ1) is 10.1. The summed E-state index contributed by atoms with van der Waals surface area (Å²) in [6.07, 6.45) is 1.75. The quantitative estimate of drug-likeness (QED) is 0.836. The van der Waals surface area contributed by atoms with Crippen LogP contribution in [0.2, 0.25) is 0 Å². The molecule has 2 unspecified atom stereocenters. The normalized spacial score (nSPS) is 27.6. The molecule has 1 fully saturated rings. The zero-order valence-electron chi connectivity index (χ0n) is 7.71. The number of rotatable bonds is 1. The van der Waals surface area contributed by atoms with Crippen molar-refractivity contribution in [2.24, 2.45) is 0 Å². The smallest absolute Gasteiger partial charge is 0.121 e. The second-order valence-corrected chi connectivity index (χ2v) is 4.43. The van der Waals surface area contributed by atoms with Crippen molar-refractivity contribution in [1.29, 1.82) is 0 Å². The minimum absolute atomic E-state index is 0.0376. The van der Waals surface area contributed by atoms with Gasteiger partial charge in [0.15, 0.2) is 0 Å². The van der Waals surface area contributed by atoms with E-state index in [1.165, 1.54) is 0 Å². The summed E-state index contributed by atoms with van der Waals surface area (Å²) >= 11 is 3.32. The van der Waals surface area contributed by atoms with Crippen molar-refractivity contribution >= 4 is 15.9 Å². The highest BCUT2D eigenvalue weighted by atomic mass is 79.9. The Morgan fingerprint density at radius 2 is 2.36 bits per heavy atom. The molecular weight excluding hydrogens is 247 g/mol. The zero-order chi connectivity index (χ0) is 9.97. The van der Waals surface area contributed by atoms with Crippen molar-refractivity contribution in [3.8, 4) is 0 Å². The number of hydrogen-bond acceptors (Lipinski definition) is 2. The van der Waals surface area contributed by atoms with Gasteiger partial charge in [0, 0.05) is 28.8 Å². The van der Waals surface area contributed by atoms with Crippen LogP contribution < -0.4 is 5.32 Å². The Morgan fingerprint density at radius 3 is 3.00 bits per heavy atom. The van der Waals surface area contributed by atoms with Crippen molar-refractivity contribution in [3.63, 3.8) is 0 Å². The fraction of sp³-hybridized carbons (Fsp3) is 0.500. The maximum atomic E-state index is 13.5. The molecule has 1 saturated heterocycles. The van der Waals surface area contributed by atoms with E-state index in [9.17, 15) is 4.39 Å². The topological polar surface area (TPSA) is 24.9 Å². The lowest BCUT2D eigenvalue weighted by Crippen LogP contribution is -2.37. The van der Waals surface area contributed by atoms with Gasteiger partial charge < -0.3 is 5.32 Å². The van der Waals surface area contributed by atoms with Gasteiger partial charge in [-0.2, -0.15) is 0 Å². The number of halogens is 2. The number of nitrogens with one attached hydrogen (secondary N) is 1. The summed E-state index contributed by atoms with van der Waals surface area (Å²) in [5.74, 6) is -0.0376. The van der Waals surface area contributed by atoms with E-state index >= 15 is 0 Å². The van der Waals surface area contributed by atoms with E-state index in [0.29, 0.717) is 6.54 Å². The lowest BCUT2D eigenvalue weighted by atomic mass is 9.92. The van der Waals surface area contributed by atoms with E-state index < -0.39 is 6.17 Å². The highest BCUT2D eigenvalue weighted by Gasteiger charge is 2.26. The summed E-state index contributed by atoms with van der Waals surface area (Å²) in [5.41, 5.74) is 0.863. The van der Waals surface area contributed by atoms with Gasteiger partial charge in [-0.15, -0.1) is 0 Å². The highest BCUT2D eigenvalue weighted by molar-refractivity contribution is 9.10. The Morgan fingerprint density at radius 1 is 1.50 bits per heavy atom. The minimum atomic E-state index is -0.808. The van der Waals surface area contributed by atoms with Crippen molar-refractivity contribution < 1.29 is 4.39 Å². The Kier molecular flexibility index (Phi) is 3.13. The molecule has 2 atom stereocenters. The molecule has 2 rings (SSSR count). The van der Waals surface area contributed by atoms with Crippen LogP contribution in [0.3, 0.4) is 0 Å². The first-order chi connectivity index (χ1) is 6.77. The lowest BCUT2D eigenvalue weighted by molar-refractivity contribution is 0.228. The molecule has 2 heterocycles. The predicted octanol–water partition coefficient (Wildman–Crippen LogP) is 2.26. The second kappa shape index (κ2) is 4.36. The molecule has 0 radical (unpaired) electrons. The average molecular weight is 259 g/mol. The standard InChI is InChI=1S/C10H12BrFN2/c11-7-1-2-10(14-5-7)8-3-4-13-6-9(8)12/h1-2,5,8-9,13H,3-4,6H2. The molecule has 0 amide bonds. The molecule has 0 aromatic carbocycles. The molecule has 0 saturated carbocycles. The molecule has 2 nitrogen and oxygen atoms in total. The number of alkyl halides is 1. The van der Waals surface area contributed by atoms with E-state index in [0.717, 1.165) is 23.1 Å². The molecule has 1 N–H and O–H groups in total. The maximum absolute atomic E-state index is 13.5. The molecule has 1 aliphatic heterocycles. The van der Waals surface area contributed by atoms with Gasteiger partial charge in [-0.1, -0.05) is 0 Å². The number of piperidine rings is 1. The molecule has 0 spiro atoms. The van der Waals surface area contributed by atoms with Gasteiger partial charge in [0.25, 0.3) is 0 Å². The fourth-order valence-corrected chi connectivity index (χ4v) is 1.99. The molecular formula is C10H12BrFN2. The molecule has 0 aliphatic carbocycles. The highest BCUT2D eigenvalue weighted by Crippen LogP contribution is 2.26. The molecule has 1 aromatic rings. The first-order valence-corrected chi connectivity index (χ1v) is 5.53. The molecule has 76 valence electrons. The summed E-state index contributed by atoms with van der Waals surface area (Å²) in [6, 6.07) is 3.81. The van der Waals surface area contributed by atoms with Gasteiger partial charge in [0.05, 0.1) is 0 Å². The lowest BCUT2D eigenvalue weighted by Gasteiger charge is -2.26. The molecule has 1 aliphatic rings. The fourth-order valence-electron chi connectivity index (χ4n) is 1.76. The summed E-state index contributed by atoms with van der Waals surface area (Å²) in [6.45, 7) is 1.32. The maximum Gasteiger partial charge on any atom is 0.121 e. The largest absolute Gasteiger partial charge is 0.314 e. The monoisotopic (exact) mass is 258 g/mol. The Bertz CT molecular complexity index is 301. The molecule has 4 heteroatoms. The van der Waals surface area contributed by atoms with Crippen molar-refractivity contribution in [2.45, 2.75) is 18.5 Å². The number of hydrogen-bond donors (Lipinski definition) is 1. The minimum Gasteiger partial charge on any atom is -0.314 e. The van der Waals surface area contributed by atoms with Crippen molar-refractivity contribution in [1.82, 2.24) is 10.3 Å². The summed E-state index contributed by atoms with van der Waals surface area (Å²) in [7, 11) is 0. The van der Waals surface area contributed by atoms with E-state index in [2.05, 4.69) is 26.2 Å². The van der Waals surface area contributed by atoms with Gasteiger partial charge in [-0.05, 0) is 41.0 Å². The average Bonchev–Trinajstić information content (AvgIpc) is 2.20. The van der Waals surface area contributed by atoms with Crippen LogP contribution in [0.5, 0.6) is 0 Å². The van der Waals surface area contributed by atoms with Crippen LogP contribution in [0.1, 0.15) is 18.0 Å². The Balaban J connectivity index is 2.16. The van der Waals surface area contributed by atoms with E-state index in [1.54, 1.807) is 6.20 Å². The SMILES string of the molecule is FC1CNCCC1c1ccc(Br)cn1. The van der Waals surface area contributed by atoms with Crippen LogP contribution in [-0.4, -0.2) is 24.2 Å². The molecule has 14 heavy (non-hydrogen) atoms. The van der Waals surface area contributed by atoms with E-state index in [-0.39, 0.29) is 5.92 Å². The van der Waals surface area contributed by atoms with Crippen LogP contribution in [0.15, 0.2) is 22.8 Å². The third-order valence-corrected chi connectivity index (χ3v) is 3.01. The van der Waals surface area contributed by atoms with Gasteiger partial charge in [0.2, 0.25) is 0 Å². The summed E-state index contributed by atoms with van der Waals surface area (Å²) < 4.78 is 14.5. The van der Waals surface area contributed by atoms with Gasteiger partial charge in [0.1, 0.15) is 6.17 Å². The van der Waals surface area contributed by atoms with E-state index in [1.807, 2.05) is 12.1 Å². The Labute approximate surface area is 91.1 Å². The molecule has 0 bridgehead atoms. The third-order valence-electron chi connectivity index (χ3n) is 2.54. The van der Waals surface area contributed by atoms with Crippen LogP contribution in [0, 0.1) is 0 Å². The second-order valence-electron chi connectivity index (χ2n) is 3.52. The number of aromatic nitrogens is 1. The van der Waals surface area contributed by atoms with Gasteiger partial charge in [-0.25, -0.2) is 4.39 Å². The molecule has 1 aromatic heterocycles. The Hall–Kier alpha value is -0.480.